The molecule has 8 nitrogen and oxygen atoms in total. The van der Waals surface area contributed by atoms with Crippen LogP contribution in [0.3, 0.4) is 0 Å². The highest BCUT2D eigenvalue weighted by Gasteiger charge is 2.28. The van der Waals surface area contributed by atoms with Gasteiger partial charge in [-0.2, -0.15) is 5.10 Å². The van der Waals surface area contributed by atoms with Crippen LogP contribution in [0.2, 0.25) is 0 Å². The molecule has 1 atom stereocenters. The second-order valence-electron chi connectivity index (χ2n) is 8.01. The Bertz CT molecular complexity index is 1110. The molecule has 0 aliphatic carbocycles. The highest BCUT2D eigenvalue weighted by atomic mass is 32.1. The monoisotopic (exact) mass is 444 g/mol. The second-order valence-corrected chi connectivity index (χ2v) is 9.04. The molecule has 0 bridgehead atoms. The molecule has 0 spiro atoms. The maximum Gasteiger partial charge on any atom is 0.277 e. The van der Waals surface area contributed by atoms with Crippen molar-refractivity contribution in [2.45, 2.75) is 31.8 Å². The largest absolute Gasteiger partial charge is 0.390 e. The van der Waals surface area contributed by atoms with Crippen molar-refractivity contribution in [1.82, 2.24) is 14.8 Å². The van der Waals surface area contributed by atoms with Crippen molar-refractivity contribution in [2.24, 2.45) is 7.05 Å². The molecule has 1 amide bonds. The fraction of sp³-hybridized carbons (Fsp3) is 0.381. The lowest BCUT2D eigenvalue weighted by molar-refractivity contribution is 0.0481. The van der Waals surface area contributed by atoms with Crippen LogP contribution < -0.4 is 16.0 Å². The van der Waals surface area contributed by atoms with Gasteiger partial charge in [-0.15, -0.1) is 0 Å². The van der Waals surface area contributed by atoms with Gasteiger partial charge in [0.05, 0.1) is 11.8 Å². The van der Waals surface area contributed by atoms with Crippen LogP contribution in [0.1, 0.15) is 36.7 Å². The van der Waals surface area contributed by atoms with Crippen LogP contribution in [0.25, 0.3) is 10.6 Å². The number of amides is 1. The van der Waals surface area contributed by atoms with Crippen molar-refractivity contribution in [1.29, 1.82) is 0 Å². The maximum atomic E-state index is 14.1. The second kappa shape index (κ2) is 8.27. The summed E-state index contributed by atoms with van der Waals surface area (Å²) >= 11 is 1.07. The Kier molecular flexibility index (Phi) is 5.67. The van der Waals surface area contributed by atoms with Crippen molar-refractivity contribution in [3.63, 3.8) is 0 Å². The molecule has 2 aromatic heterocycles. The summed E-state index contributed by atoms with van der Waals surface area (Å²) in [6, 6.07) is 6.24. The summed E-state index contributed by atoms with van der Waals surface area (Å²) in [5, 5.41) is 18.1. The number of carbonyl (C=O) groups is 1. The average Bonchev–Trinajstić information content (AvgIpc) is 3.22. The lowest BCUT2D eigenvalue weighted by atomic mass is 9.98. The van der Waals surface area contributed by atoms with E-state index in [1.54, 1.807) is 29.1 Å². The zero-order valence-electron chi connectivity index (χ0n) is 17.4. The van der Waals surface area contributed by atoms with Crippen molar-refractivity contribution < 1.29 is 14.3 Å². The zero-order valence-corrected chi connectivity index (χ0v) is 18.2. The molecule has 3 heterocycles. The summed E-state index contributed by atoms with van der Waals surface area (Å²) in [5.41, 5.74) is 6.23. The average molecular weight is 445 g/mol. The number of aliphatic hydroxyl groups is 1. The van der Waals surface area contributed by atoms with Gasteiger partial charge < -0.3 is 21.1 Å². The van der Waals surface area contributed by atoms with Gasteiger partial charge in [0.25, 0.3) is 5.91 Å². The molecule has 0 radical (unpaired) electrons. The Morgan fingerprint density at radius 1 is 1.32 bits per heavy atom. The van der Waals surface area contributed by atoms with Gasteiger partial charge in [0, 0.05) is 25.7 Å². The summed E-state index contributed by atoms with van der Waals surface area (Å²) in [7, 11) is 1.81. The standard InChI is InChI=1S/C21H25FN6O2S/c1-21(30)8-5-10-28(11-9-21)20-15(12-24-27(20)2)25-18(29)16-17(23)31-19(26-16)13-6-3-4-7-14(13)22/h3-4,6-7,12,30H,5,8-11,23H2,1-2H3,(H,25,29)/t21-/m1/s1. The Morgan fingerprint density at radius 2 is 2.10 bits per heavy atom. The van der Waals surface area contributed by atoms with Crippen LogP contribution in [0, 0.1) is 5.82 Å². The van der Waals surface area contributed by atoms with E-state index in [2.05, 4.69) is 20.3 Å². The molecular weight excluding hydrogens is 419 g/mol. The van der Waals surface area contributed by atoms with E-state index >= 15 is 0 Å². The third-order valence-electron chi connectivity index (χ3n) is 5.49. The minimum absolute atomic E-state index is 0.0526. The van der Waals surface area contributed by atoms with Gasteiger partial charge in [0.1, 0.15) is 21.5 Å². The molecule has 1 saturated heterocycles. The minimum Gasteiger partial charge on any atom is -0.390 e. The van der Waals surface area contributed by atoms with Crippen molar-refractivity contribution >= 4 is 33.8 Å². The van der Waals surface area contributed by atoms with Gasteiger partial charge in [-0.1, -0.05) is 23.5 Å². The molecule has 0 saturated carbocycles. The first-order valence-electron chi connectivity index (χ1n) is 10.1. The molecule has 1 aliphatic rings. The fourth-order valence-electron chi connectivity index (χ4n) is 3.80. The maximum absolute atomic E-state index is 14.1. The van der Waals surface area contributed by atoms with Gasteiger partial charge in [0.2, 0.25) is 0 Å². The summed E-state index contributed by atoms with van der Waals surface area (Å²) in [6.45, 7) is 3.24. The van der Waals surface area contributed by atoms with Crippen LogP contribution in [0.5, 0.6) is 0 Å². The normalized spacial score (nSPS) is 19.3. The Labute approximate surface area is 183 Å². The van der Waals surface area contributed by atoms with E-state index < -0.39 is 17.3 Å². The zero-order chi connectivity index (χ0) is 22.2. The van der Waals surface area contributed by atoms with Gasteiger partial charge in [-0.05, 0) is 38.3 Å². The SMILES string of the molecule is Cn1ncc(NC(=O)c2nc(-c3ccccc3F)sc2N)c1N1CCC[C@@](C)(O)CC1. The third-order valence-corrected chi connectivity index (χ3v) is 6.41. The van der Waals surface area contributed by atoms with E-state index in [4.69, 9.17) is 5.73 Å². The van der Waals surface area contributed by atoms with E-state index in [1.165, 1.54) is 6.07 Å². The number of benzene rings is 1. The number of carbonyl (C=O) groups excluding carboxylic acids is 1. The number of anilines is 3. The van der Waals surface area contributed by atoms with Crippen LogP contribution >= 0.6 is 11.3 Å². The highest BCUT2D eigenvalue weighted by Crippen LogP contribution is 2.34. The topological polar surface area (TPSA) is 109 Å². The number of thiazole rings is 1. The predicted octanol–water partition coefficient (Wildman–Crippen LogP) is 3.26. The van der Waals surface area contributed by atoms with Crippen molar-refractivity contribution in [3.8, 4) is 10.6 Å². The van der Waals surface area contributed by atoms with E-state index in [0.29, 0.717) is 29.2 Å². The van der Waals surface area contributed by atoms with Gasteiger partial charge in [0.15, 0.2) is 11.5 Å². The molecule has 0 unspecified atom stereocenters. The Morgan fingerprint density at radius 3 is 2.87 bits per heavy atom. The number of rotatable bonds is 4. The van der Waals surface area contributed by atoms with Crippen LogP contribution in [-0.4, -0.2) is 44.5 Å². The van der Waals surface area contributed by atoms with Gasteiger partial charge >= 0.3 is 0 Å². The van der Waals surface area contributed by atoms with Crippen LogP contribution in [0.4, 0.5) is 20.9 Å². The van der Waals surface area contributed by atoms with E-state index in [-0.39, 0.29) is 10.7 Å². The first-order valence-corrected chi connectivity index (χ1v) is 10.9. The molecule has 4 N–H and O–H groups in total. The number of aryl methyl sites for hydroxylation is 1. The van der Waals surface area contributed by atoms with Crippen molar-refractivity contribution in [3.05, 3.63) is 42.0 Å². The Hall–Kier alpha value is -2.98. The van der Waals surface area contributed by atoms with E-state index in [0.717, 1.165) is 36.5 Å². The van der Waals surface area contributed by atoms with Gasteiger partial charge in [-0.3, -0.25) is 9.48 Å². The minimum atomic E-state index is -0.699. The van der Waals surface area contributed by atoms with E-state index in [1.807, 2.05) is 14.0 Å². The van der Waals surface area contributed by atoms with Gasteiger partial charge in [-0.25, -0.2) is 9.37 Å². The highest BCUT2D eigenvalue weighted by molar-refractivity contribution is 7.19. The summed E-state index contributed by atoms with van der Waals surface area (Å²) in [6.07, 6.45) is 3.75. The van der Waals surface area contributed by atoms with Crippen LogP contribution in [-0.2, 0) is 7.05 Å². The first-order chi connectivity index (χ1) is 14.7. The molecule has 1 aliphatic heterocycles. The number of halogens is 1. The molecule has 1 fully saturated rings. The fourth-order valence-corrected chi connectivity index (χ4v) is 4.65. The number of hydrogen-bond acceptors (Lipinski definition) is 7. The molecular formula is C21H25FN6O2S. The van der Waals surface area contributed by atoms with E-state index in [9.17, 15) is 14.3 Å². The third kappa shape index (κ3) is 4.40. The molecule has 164 valence electrons. The van der Waals surface area contributed by atoms with Crippen molar-refractivity contribution in [2.75, 3.05) is 29.0 Å². The lowest BCUT2D eigenvalue weighted by Gasteiger charge is -2.25. The number of hydrogen-bond donors (Lipinski definition) is 3. The molecule has 4 rings (SSSR count). The number of nitrogens with one attached hydrogen (secondary N) is 1. The molecule has 10 heteroatoms. The molecule has 3 aromatic rings. The molecule has 31 heavy (non-hydrogen) atoms. The smallest absolute Gasteiger partial charge is 0.277 e. The predicted molar refractivity (Wildman–Crippen MR) is 120 cm³/mol. The molecule has 1 aromatic carbocycles. The summed E-state index contributed by atoms with van der Waals surface area (Å²) in [5.74, 6) is -0.142. The lowest BCUT2D eigenvalue weighted by Crippen LogP contribution is -2.30. The summed E-state index contributed by atoms with van der Waals surface area (Å²) < 4.78 is 15.8. The number of nitrogens with two attached hydrogens (primary N) is 1. The number of nitrogen functional groups attached to an aromatic ring is 1. The number of nitrogens with zero attached hydrogens (tertiary/aromatic N) is 4. The number of aromatic nitrogens is 3. The quantitative estimate of drug-likeness (QED) is 0.570. The summed E-state index contributed by atoms with van der Waals surface area (Å²) in [4.78, 5) is 19.3. The van der Waals surface area contributed by atoms with Crippen LogP contribution in [0.15, 0.2) is 30.5 Å². The Balaban J connectivity index is 1.57. The first kappa shape index (κ1) is 21.3.